The first-order chi connectivity index (χ1) is 24.8. The Labute approximate surface area is 301 Å². The second kappa shape index (κ2) is 17.1. The molecule has 266 valence electrons. The van der Waals surface area contributed by atoms with Gasteiger partial charge in [0.25, 0.3) is 5.91 Å². The summed E-state index contributed by atoms with van der Waals surface area (Å²) in [7, 11) is 0. The lowest BCUT2D eigenvalue weighted by atomic mass is 9.91. The number of likely N-dealkylation sites (tertiary alicyclic amines) is 1. The third kappa shape index (κ3) is 9.05. The highest BCUT2D eigenvalue weighted by Gasteiger charge is 2.40. The Morgan fingerprint density at radius 3 is 2.33 bits per heavy atom. The Kier molecular flexibility index (Phi) is 12.2. The highest BCUT2D eigenvalue weighted by atomic mass is 32.2. The maximum Gasteiger partial charge on any atom is 0.408 e. The number of aliphatic hydroxyl groups excluding tert-OH is 2. The quantitative estimate of drug-likeness (QED) is 0.114. The monoisotopic (exact) mass is 710 g/mol. The summed E-state index contributed by atoms with van der Waals surface area (Å²) in [6.45, 7) is 2.30. The minimum atomic E-state index is -0.985. The molecule has 2 aliphatic heterocycles. The molecule has 2 heterocycles. The van der Waals surface area contributed by atoms with Crippen LogP contribution in [0.2, 0.25) is 0 Å². The molecule has 3 amide bonds. The van der Waals surface area contributed by atoms with E-state index >= 15 is 0 Å². The van der Waals surface area contributed by atoms with Crippen LogP contribution in [0.15, 0.2) is 103 Å². The molecule has 0 saturated carbocycles. The fourth-order valence-electron chi connectivity index (χ4n) is 6.34. The lowest BCUT2D eigenvalue weighted by molar-refractivity contribution is -0.268. The molecule has 1 unspecified atom stereocenters. The second-order valence-corrected chi connectivity index (χ2v) is 13.9. The van der Waals surface area contributed by atoms with Gasteiger partial charge in [-0.25, -0.2) is 4.79 Å². The Bertz CT molecular complexity index is 1800. The first kappa shape index (κ1) is 36.3. The number of carbonyl (C=O) groups is 3. The molecule has 6 rings (SSSR count). The van der Waals surface area contributed by atoms with Crippen LogP contribution in [0.1, 0.15) is 53.6 Å². The molecule has 0 radical (unpaired) electrons. The van der Waals surface area contributed by atoms with Crippen molar-refractivity contribution < 1.29 is 38.8 Å². The number of thioether (sulfide) groups is 1. The van der Waals surface area contributed by atoms with E-state index in [1.54, 1.807) is 11.8 Å². The van der Waals surface area contributed by atoms with Crippen molar-refractivity contribution in [3.63, 3.8) is 0 Å². The maximum absolute atomic E-state index is 13.2. The van der Waals surface area contributed by atoms with E-state index in [1.807, 2.05) is 103 Å². The summed E-state index contributed by atoms with van der Waals surface area (Å²) in [5.74, 6) is 0.518. The predicted molar refractivity (Wildman–Crippen MR) is 193 cm³/mol. The molecule has 5 atom stereocenters. The Balaban J connectivity index is 1.14. The van der Waals surface area contributed by atoms with Crippen LogP contribution in [-0.4, -0.2) is 63.3 Å². The lowest BCUT2D eigenvalue weighted by Gasteiger charge is -2.41. The number of nitrogens with zero attached hydrogens (tertiary/aromatic N) is 1. The van der Waals surface area contributed by atoms with E-state index < -0.39 is 24.3 Å². The third-order valence-corrected chi connectivity index (χ3v) is 10.2. The lowest BCUT2D eigenvalue weighted by Crippen LogP contribution is -2.41. The van der Waals surface area contributed by atoms with Crippen molar-refractivity contribution >= 4 is 29.7 Å². The third-order valence-electron chi connectivity index (χ3n) is 9.15. The van der Waals surface area contributed by atoms with Crippen molar-refractivity contribution in [2.75, 3.05) is 18.1 Å². The molecule has 10 nitrogen and oxygen atoms in total. The fraction of sp³-hybridized carbons (Fsp3) is 0.325. The van der Waals surface area contributed by atoms with Gasteiger partial charge < -0.3 is 29.7 Å². The number of carbonyl (C=O) groups excluding carboxylic acids is 3. The summed E-state index contributed by atoms with van der Waals surface area (Å²) in [6.07, 6.45) is -1.91. The van der Waals surface area contributed by atoms with Crippen molar-refractivity contribution in [2.24, 2.45) is 5.92 Å². The number of hydrogen-bond acceptors (Lipinski definition) is 9. The van der Waals surface area contributed by atoms with E-state index in [2.05, 4.69) is 12.2 Å². The summed E-state index contributed by atoms with van der Waals surface area (Å²) >= 11 is 1.64. The normalized spacial score (nSPS) is 21.9. The van der Waals surface area contributed by atoms with Gasteiger partial charge in [0.1, 0.15) is 12.6 Å². The number of rotatable bonds is 13. The zero-order chi connectivity index (χ0) is 35.7. The van der Waals surface area contributed by atoms with Crippen LogP contribution in [0.4, 0.5) is 4.79 Å². The molecule has 4 aromatic carbocycles. The standard InChI is InChI=1S/C40H42N2O8S/c1-26-35(25-51-18-17-43)49-39(50-37(26)30-15-13-27(23-44)14-16-30)33-12-6-11-32(20-33)31-10-5-9-29(19-31)22-42-36(45)21-34(38(42)46)41-40(47)48-24-28-7-3-2-4-8-28/h2-16,19-20,26,34-35,37,39,43-44H,17-18,21-25H2,1H3,(H,41,47)/t26-,34?,35+,37+,39+/m0/s1. The van der Waals surface area contributed by atoms with Gasteiger partial charge in [0.05, 0.1) is 38.4 Å². The smallest absolute Gasteiger partial charge is 0.408 e. The van der Waals surface area contributed by atoms with Crippen LogP contribution in [-0.2, 0) is 43.6 Å². The number of ether oxygens (including phenoxy) is 3. The van der Waals surface area contributed by atoms with Crippen molar-refractivity contribution in [3.05, 3.63) is 131 Å². The average Bonchev–Trinajstić information content (AvgIpc) is 3.42. The van der Waals surface area contributed by atoms with Gasteiger partial charge in [-0.1, -0.05) is 97.9 Å². The topological polar surface area (TPSA) is 135 Å². The number of imide groups is 1. The van der Waals surface area contributed by atoms with E-state index in [0.717, 1.165) is 38.9 Å². The van der Waals surface area contributed by atoms with Crippen LogP contribution >= 0.6 is 11.8 Å². The van der Waals surface area contributed by atoms with Gasteiger partial charge >= 0.3 is 6.09 Å². The first-order valence-corrected chi connectivity index (χ1v) is 18.2. The van der Waals surface area contributed by atoms with Crippen LogP contribution in [0.5, 0.6) is 0 Å². The fourth-order valence-corrected chi connectivity index (χ4v) is 7.25. The van der Waals surface area contributed by atoms with Gasteiger partial charge in [-0.2, -0.15) is 11.8 Å². The largest absolute Gasteiger partial charge is 0.445 e. The Morgan fingerprint density at radius 1 is 0.863 bits per heavy atom. The molecular weight excluding hydrogens is 669 g/mol. The van der Waals surface area contributed by atoms with E-state index in [0.29, 0.717) is 11.5 Å². The van der Waals surface area contributed by atoms with Crippen LogP contribution in [0.3, 0.4) is 0 Å². The Morgan fingerprint density at radius 2 is 1.59 bits per heavy atom. The molecule has 2 aliphatic rings. The molecule has 0 bridgehead atoms. The van der Waals surface area contributed by atoms with Crippen molar-refractivity contribution in [2.45, 2.75) is 57.6 Å². The summed E-state index contributed by atoms with van der Waals surface area (Å²) in [5, 5.41) is 21.4. The predicted octanol–water partition coefficient (Wildman–Crippen LogP) is 5.92. The Hall–Kier alpha value is -4.52. The van der Waals surface area contributed by atoms with Crippen LogP contribution < -0.4 is 5.32 Å². The number of nitrogens with one attached hydrogen (secondary N) is 1. The summed E-state index contributed by atoms with van der Waals surface area (Å²) in [6, 6.07) is 31.6. The molecule has 0 aromatic heterocycles. The molecule has 0 spiro atoms. The number of alkyl carbamates (subject to hydrolysis) is 1. The average molecular weight is 711 g/mol. The van der Waals surface area contributed by atoms with Crippen molar-refractivity contribution in [1.82, 2.24) is 10.2 Å². The number of benzene rings is 4. The van der Waals surface area contributed by atoms with Gasteiger partial charge in [0.15, 0.2) is 6.29 Å². The summed E-state index contributed by atoms with van der Waals surface area (Å²) in [4.78, 5) is 39.6. The van der Waals surface area contributed by atoms with E-state index in [4.69, 9.17) is 14.2 Å². The molecule has 0 aliphatic carbocycles. The van der Waals surface area contributed by atoms with E-state index in [9.17, 15) is 24.6 Å². The van der Waals surface area contributed by atoms with Gasteiger partial charge in [-0.3, -0.25) is 14.5 Å². The SMILES string of the molecule is C[C@H]1[C@@H](CSCCO)O[C@@H](c2cccc(-c3cccc(CN4C(=O)CC(NC(=O)OCc5ccccc5)C4=O)c3)c2)O[C@H]1c1ccc(CO)cc1. The van der Waals surface area contributed by atoms with Crippen LogP contribution in [0.25, 0.3) is 11.1 Å². The molecule has 51 heavy (non-hydrogen) atoms. The molecule has 2 fully saturated rings. The maximum atomic E-state index is 13.2. The summed E-state index contributed by atoms with van der Waals surface area (Å²) in [5.41, 5.74) is 6.05. The molecule has 2 saturated heterocycles. The van der Waals surface area contributed by atoms with E-state index in [1.165, 1.54) is 4.90 Å². The number of amides is 3. The number of aliphatic hydroxyl groups is 2. The number of hydrogen-bond donors (Lipinski definition) is 3. The highest BCUT2D eigenvalue weighted by Crippen LogP contribution is 2.43. The van der Waals surface area contributed by atoms with Gasteiger partial charge in [0, 0.05) is 23.0 Å². The van der Waals surface area contributed by atoms with E-state index in [-0.39, 0.29) is 56.8 Å². The molecule has 4 aromatic rings. The zero-order valence-corrected chi connectivity index (χ0v) is 29.2. The molecular formula is C40H42N2O8S. The van der Waals surface area contributed by atoms with Crippen LogP contribution in [0, 0.1) is 5.92 Å². The van der Waals surface area contributed by atoms with Crippen molar-refractivity contribution in [3.8, 4) is 11.1 Å². The summed E-state index contributed by atoms with van der Waals surface area (Å²) < 4.78 is 18.4. The minimum Gasteiger partial charge on any atom is -0.445 e. The first-order valence-electron chi connectivity index (χ1n) is 17.0. The molecule has 3 N–H and O–H groups in total. The van der Waals surface area contributed by atoms with Gasteiger partial charge in [0.2, 0.25) is 5.91 Å². The minimum absolute atomic E-state index is 0.0319. The zero-order valence-electron chi connectivity index (χ0n) is 28.4. The highest BCUT2D eigenvalue weighted by molar-refractivity contribution is 7.99. The molecule has 11 heteroatoms. The van der Waals surface area contributed by atoms with Gasteiger partial charge in [-0.05, 0) is 45.5 Å². The van der Waals surface area contributed by atoms with Crippen molar-refractivity contribution in [1.29, 1.82) is 0 Å². The second-order valence-electron chi connectivity index (χ2n) is 12.7. The van der Waals surface area contributed by atoms with Gasteiger partial charge in [-0.15, -0.1) is 0 Å².